The van der Waals surface area contributed by atoms with Crippen molar-refractivity contribution in [3.63, 3.8) is 0 Å². The van der Waals surface area contributed by atoms with Gasteiger partial charge < -0.3 is 0 Å². The van der Waals surface area contributed by atoms with E-state index in [1.165, 1.54) is 11.6 Å². The summed E-state index contributed by atoms with van der Waals surface area (Å²) >= 11 is 0. The molecule has 0 atom stereocenters. The van der Waals surface area contributed by atoms with Gasteiger partial charge in [-0.3, -0.25) is 10.1 Å². The zero-order valence-corrected chi connectivity index (χ0v) is 8.08. The van der Waals surface area contributed by atoms with Crippen molar-refractivity contribution in [1.29, 1.82) is 0 Å². The maximum Gasteiger partial charge on any atom is 0.254 e. The summed E-state index contributed by atoms with van der Waals surface area (Å²) in [6.07, 6.45) is 0. The maximum atomic E-state index is 10.9. The van der Waals surface area contributed by atoms with E-state index in [1.54, 1.807) is 0 Å². The molecule has 1 amide bonds. The first-order chi connectivity index (χ1) is 7.27. The van der Waals surface area contributed by atoms with Gasteiger partial charge >= 0.3 is 0 Å². The average Bonchev–Trinajstić information content (AvgIpc) is 2.66. The largest absolute Gasteiger partial charge is 0.293 e. The second-order valence-electron chi connectivity index (χ2n) is 2.93. The minimum atomic E-state index is -0.206. The van der Waals surface area contributed by atoms with E-state index in [9.17, 15) is 4.79 Å². The molecule has 0 aliphatic rings. The van der Waals surface area contributed by atoms with Gasteiger partial charge in [0.05, 0.1) is 5.69 Å². The molecule has 0 saturated carbocycles. The molecule has 1 aromatic carbocycles. The number of para-hydroxylation sites is 1. The number of aromatic nitrogens is 4. The van der Waals surface area contributed by atoms with Crippen molar-refractivity contribution in [2.24, 2.45) is 0 Å². The number of nitrogens with one attached hydrogen (secondary N) is 1. The molecule has 0 radical (unpaired) electrons. The number of carbonyl (C=O) groups is 1. The van der Waals surface area contributed by atoms with E-state index in [0.29, 0.717) is 5.95 Å². The molecule has 1 aromatic heterocycles. The molecule has 15 heavy (non-hydrogen) atoms. The molecule has 1 N–H and O–H groups in total. The highest BCUT2D eigenvalue weighted by molar-refractivity contribution is 5.86. The maximum absolute atomic E-state index is 10.9. The van der Waals surface area contributed by atoms with E-state index in [-0.39, 0.29) is 5.91 Å². The highest BCUT2D eigenvalue weighted by Gasteiger charge is 2.07. The predicted octanol–water partition coefficient (Wildman–Crippen LogP) is 0.621. The minimum Gasteiger partial charge on any atom is -0.293 e. The lowest BCUT2D eigenvalue weighted by molar-refractivity contribution is -0.114. The number of hydrogen-bond donors (Lipinski definition) is 1. The normalized spacial score (nSPS) is 9.93. The Balaban J connectivity index is 2.37. The third-order valence-electron chi connectivity index (χ3n) is 1.76. The molecule has 2 rings (SSSR count). The molecule has 1 heterocycles. The summed E-state index contributed by atoms with van der Waals surface area (Å²) in [5.74, 6) is 0.107. The van der Waals surface area contributed by atoms with Crippen LogP contribution in [0.25, 0.3) is 5.69 Å². The molecule has 76 valence electrons. The summed E-state index contributed by atoms with van der Waals surface area (Å²) in [7, 11) is 0. The van der Waals surface area contributed by atoms with E-state index in [2.05, 4.69) is 20.8 Å². The Morgan fingerprint density at radius 1 is 1.33 bits per heavy atom. The molecule has 0 aliphatic heterocycles. The van der Waals surface area contributed by atoms with Crippen LogP contribution in [0.4, 0.5) is 5.95 Å². The van der Waals surface area contributed by atoms with Crippen molar-refractivity contribution in [1.82, 2.24) is 20.2 Å². The first-order valence-corrected chi connectivity index (χ1v) is 4.39. The third-order valence-corrected chi connectivity index (χ3v) is 1.76. The number of benzene rings is 1. The van der Waals surface area contributed by atoms with E-state index >= 15 is 0 Å². The molecule has 0 saturated heterocycles. The molecule has 0 aliphatic carbocycles. The molecule has 6 nitrogen and oxygen atoms in total. The Bertz CT molecular complexity index is 464. The van der Waals surface area contributed by atoms with E-state index in [4.69, 9.17) is 0 Å². The molecule has 0 fully saturated rings. The van der Waals surface area contributed by atoms with Crippen molar-refractivity contribution in [3.05, 3.63) is 30.3 Å². The van der Waals surface area contributed by atoms with Crippen LogP contribution in [0.2, 0.25) is 0 Å². The van der Waals surface area contributed by atoms with E-state index in [0.717, 1.165) is 5.69 Å². The highest BCUT2D eigenvalue weighted by atomic mass is 16.1. The molecule has 2 aromatic rings. The summed E-state index contributed by atoms with van der Waals surface area (Å²) in [6.45, 7) is 1.41. The molecular formula is C9H9N5O. The first kappa shape index (κ1) is 9.32. The second kappa shape index (κ2) is 3.87. The van der Waals surface area contributed by atoms with Crippen molar-refractivity contribution in [3.8, 4) is 5.69 Å². The molecule has 0 spiro atoms. The van der Waals surface area contributed by atoms with Gasteiger partial charge in [-0.1, -0.05) is 23.3 Å². The average molecular weight is 203 g/mol. The molecule has 6 heteroatoms. The van der Waals surface area contributed by atoms with Gasteiger partial charge in [-0.2, -0.15) is 4.68 Å². The number of carbonyl (C=O) groups excluding carboxylic acids is 1. The number of rotatable bonds is 2. The van der Waals surface area contributed by atoms with Crippen LogP contribution in [0.1, 0.15) is 6.92 Å². The Hall–Kier alpha value is -2.24. The fourth-order valence-corrected chi connectivity index (χ4v) is 1.17. The number of anilines is 1. The van der Waals surface area contributed by atoms with Gasteiger partial charge in [-0.25, -0.2) is 0 Å². The minimum absolute atomic E-state index is 0.206. The van der Waals surface area contributed by atoms with Gasteiger partial charge in [0.1, 0.15) is 0 Å². The standard InChI is InChI=1S/C9H9N5O/c1-7(15)10-9-11-12-13-14(9)8-5-3-2-4-6-8/h2-6H,1H3,(H,10,11,13,15). The summed E-state index contributed by atoms with van der Waals surface area (Å²) in [5, 5.41) is 13.5. The topological polar surface area (TPSA) is 72.7 Å². The predicted molar refractivity (Wildman–Crippen MR) is 53.5 cm³/mol. The van der Waals surface area contributed by atoms with Crippen LogP contribution in [0.5, 0.6) is 0 Å². The van der Waals surface area contributed by atoms with Gasteiger partial charge in [-0.15, -0.1) is 0 Å². The van der Waals surface area contributed by atoms with Crippen LogP contribution in [0.15, 0.2) is 30.3 Å². The summed E-state index contributed by atoms with van der Waals surface area (Å²) in [5.41, 5.74) is 0.797. The zero-order valence-electron chi connectivity index (χ0n) is 8.08. The smallest absolute Gasteiger partial charge is 0.254 e. The van der Waals surface area contributed by atoms with Crippen molar-refractivity contribution in [2.75, 3.05) is 5.32 Å². The van der Waals surface area contributed by atoms with Crippen molar-refractivity contribution >= 4 is 11.9 Å². The molecule has 0 bridgehead atoms. The number of amides is 1. The summed E-state index contributed by atoms with van der Waals surface area (Å²) < 4.78 is 1.46. The molecular weight excluding hydrogens is 194 g/mol. The van der Waals surface area contributed by atoms with Crippen LogP contribution in [-0.4, -0.2) is 26.1 Å². The fraction of sp³-hybridized carbons (Fsp3) is 0.111. The first-order valence-electron chi connectivity index (χ1n) is 4.39. The summed E-state index contributed by atoms with van der Waals surface area (Å²) in [4.78, 5) is 10.9. The number of tetrazole rings is 1. The van der Waals surface area contributed by atoms with Gasteiger partial charge in [0, 0.05) is 6.92 Å². The number of hydrogen-bond acceptors (Lipinski definition) is 4. The van der Waals surface area contributed by atoms with E-state index in [1.807, 2.05) is 30.3 Å². The van der Waals surface area contributed by atoms with Gasteiger partial charge in [0.25, 0.3) is 5.95 Å². The summed E-state index contributed by atoms with van der Waals surface area (Å²) in [6, 6.07) is 9.33. The lowest BCUT2D eigenvalue weighted by atomic mass is 10.3. The lowest BCUT2D eigenvalue weighted by Crippen LogP contribution is -2.11. The van der Waals surface area contributed by atoms with Gasteiger partial charge in [-0.05, 0) is 22.6 Å². The lowest BCUT2D eigenvalue weighted by Gasteiger charge is -2.03. The SMILES string of the molecule is CC(=O)Nc1nnnn1-c1ccccc1. The Kier molecular flexibility index (Phi) is 2.40. The van der Waals surface area contributed by atoms with Crippen molar-refractivity contribution in [2.45, 2.75) is 6.92 Å². The van der Waals surface area contributed by atoms with Crippen LogP contribution in [0, 0.1) is 0 Å². The highest BCUT2D eigenvalue weighted by Crippen LogP contribution is 2.09. The second-order valence-corrected chi connectivity index (χ2v) is 2.93. The third kappa shape index (κ3) is 1.98. The van der Waals surface area contributed by atoms with E-state index < -0.39 is 0 Å². The fourth-order valence-electron chi connectivity index (χ4n) is 1.17. The van der Waals surface area contributed by atoms with Gasteiger partial charge in [0.15, 0.2) is 0 Å². The Morgan fingerprint density at radius 2 is 2.07 bits per heavy atom. The van der Waals surface area contributed by atoms with Crippen LogP contribution in [-0.2, 0) is 4.79 Å². The zero-order chi connectivity index (χ0) is 10.7. The monoisotopic (exact) mass is 203 g/mol. The van der Waals surface area contributed by atoms with Crippen molar-refractivity contribution < 1.29 is 4.79 Å². The number of nitrogens with zero attached hydrogens (tertiary/aromatic N) is 4. The van der Waals surface area contributed by atoms with Crippen LogP contribution >= 0.6 is 0 Å². The Labute approximate surface area is 85.9 Å². The molecule has 0 unspecified atom stereocenters. The Morgan fingerprint density at radius 3 is 2.73 bits per heavy atom. The van der Waals surface area contributed by atoms with Crippen LogP contribution < -0.4 is 5.32 Å². The van der Waals surface area contributed by atoms with Gasteiger partial charge in [0.2, 0.25) is 5.91 Å². The van der Waals surface area contributed by atoms with Crippen LogP contribution in [0.3, 0.4) is 0 Å². The quantitative estimate of drug-likeness (QED) is 0.776.